The van der Waals surface area contributed by atoms with Crippen molar-refractivity contribution in [2.45, 2.75) is 58.6 Å². The Labute approximate surface area is 257 Å². The van der Waals surface area contributed by atoms with Crippen LogP contribution in [-0.2, 0) is 12.0 Å². The molecule has 2 heterocycles. The van der Waals surface area contributed by atoms with Crippen molar-refractivity contribution >= 4 is 27.7 Å². The number of hydrogen-bond acceptors (Lipinski definition) is 6. The summed E-state index contributed by atoms with van der Waals surface area (Å²) in [4.78, 5) is 23.1. The lowest BCUT2D eigenvalue weighted by molar-refractivity contribution is 0.0802. The van der Waals surface area contributed by atoms with Gasteiger partial charge in [-0.05, 0) is 101 Å². The number of aliphatic hydroxyl groups excluding tert-OH is 1. The van der Waals surface area contributed by atoms with Crippen LogP contribution in [0.3, 0.4) is 0 Å². The fourth-order valence-electron chi connectivity index (χ4n) is 6.56. The zero-order chi connectivity index (χ0) is 31.2. The van der Waals surface area contributed by atoms with Gasteiger partial charge in [-0.1, -0.05) is 12.1 Å². The average Bonchev–Trinajstić information content (AvgIpc) is 3.44. The number of hydrogen-bond donors (Lipinski definition) is 3. The highest BCUT2D eigenvalue weighted by atomic mass is 16.5. The van der Waals surface area contributed by atoms with Crippen LogP contribution in [0.15, 0.2) is 54.6 Å². The van der Waals surface area contributed by atoms with Gasteiger partial charge in [0, 0.05) is 33.1 Å². The first-order valence-electron chi connectivity index (χ1n) is 15.1. The lowest BCUT2D eigenvalue weighted by atomic mass is 9.77. The van der Waals surface area contributed by atoms with E-state index in [1.165, 1.54) is 0 Å². The lowest BCUT2D eigenvalue weighted by Crippen LogP contribution is -2.50. The molecule has 6 rings (SSSR count). The van der Waals surface area contributed by atoms with Gasteiger partial charge in [0.2, 0.25) is 0 Å². The second-order valence-electron chi connectivity index (χ2n) is 11.9. The van der Waals surface area contributed by atoms with Gasteiger partial charge in [0.25, 0.3) is 5.91 Å². The van der Waals surface area contributed by atoms with Gasteiger partial charge in [0.15, 0.2) is 11.5 Å². The summed E-state index contributed by atoms with van der Waals surface area (Å²) in [5.41, 5.74) is 6.89. The van der Waals surface area contributed by atoms with Gasteiger partial charge in [-0.25, -0.2) is 4.98 Å². The van der Waals surface area contributed by atoms with E-state index in [9.17, 15) is 9.90 Å². The summed E-state index contributed by atoms with van der Waals surface area (Å²) in [6.07, 6.45) is 2.28. The first kappa shape index (κ1) is 29.5. The number of H-pyrrole nitrogens is 1. The molecule has 1 amide bonds. The van der Waals surface area contributed by atoms with Crippen molar-refractivity contribution in [3.8, 4) is 28.5 Å². The van der Waals surface area contributed by atoms with E-state index in [1.54, 1.807) is 20.3 Å². The molecule has 0 saturated heterocycles. The number of nitrogens with one attached hydrogen (secondary N) is 2. The number of carbonyl (C=O) groups excluding carboxylic acids is 1. The minimum atomic E-state index is -0.952. The molecule has 1 aliphatic rings. The summed E-state index contributed by atoms with van der Waals surface area (Å²) >= 11 is 0. The third kappa shape index (κ3) is 5.03. The van der Waals surface area contributed by atoms with Gasteiger partial charge in [0.1, 0.15) is 5.75 Å². The number of aliphatic hydroxyl groups is 1. The van der Waals surface area contributed by atoms with Crippen LogP contribution in [0, 0.1) is 13.8 Å². The van der Waals surface area contributed by atoms with Crippen LogP contribution < -0.4 is 19.5 Å². The van der Waals surface area contributed by atoms with Gasteiger partial charge in [-0.2, -0.15) is 0 Å². The molecule has 0 bridgehead atoms. The van der Waals surface area contributed by atoms with E-state index in [2.05, 4.69) is 36.3 Å². The molecule has 0 saturated carbocycles. The standard InChI is InChI=1S/C36H39N3O5/c1-20(2)44-24-12-13-27-25(17-24)26(18-29(37-27)23-11-14-30(42-5)31(16-23)43-6)35(41)39-36(19-40)15-7-8-28-33(36)32-21(3)9-10-22(4)34(32)38-28/h9-14,16-18,20,38,40H,7-8,15,19H2,1-6H3,(H,39,41). The van der Waals surface area contributed by atoms with Gasteiger partial charge >= 0.3 is 0 Å². The number of aryl methyl sites for hydroxylation is 3. The third-order valence-electron chi connectivity index (χ3n) is 8.66. The fraction of sp³-hybridized carbons (Fsp3) is 0.333. The zero-order valence-corrected chi connectivity index (χ0v) is 26.1. The minimum absolute atomic E-state index is 0.0318. The van der Waals surface area contributed by atoms with Crippen molar-refractivity contribution in [3.05, 3.63) is 82.5 Å². The number of rotatable bonds is 8. The normalized spacial score (nSPS) is 16.3. The predicted octanol–water partition coefficient (Wildman–Crippen LogP) is 6.76. The maximum absolute atomic E-state index is 14.5. The lowest BCUT2D eigenvalue weighted by Gasteiger charge is -2.37. The molecule has 228 valence electrons. The highest BCUT2D eigenvalue weighted by Gasteiger charge is 2.41. The molecule has 1 aliphatic carbocycles. The summed E-state index contributed by atoms with van der Waals surface area (Å²) < 4.78 is 17.0. The summed E-state index contributed by atoms with van der Waals surface area (Å²) in [6, 6.07) is 17.2. The first-order valence-corrected chi connectivity index (χ1v) is 15.1. The molecule has 0 fully saturated rings. The molecule has 3 aromatic carbocycles. The molecule has 1 unspecified atom stereocenters. The Kier molecular flexibility index (Phi) is 7.72. The molecular weight excluding hydrogens is 554 g/mol. The van der Waals surface area contributed by atoms with Crippen LogP contribution in [0.4, 0.5) is 0 Å². The van der Waals surface area contributed by atoms with Crippen molar-refractivity contribution in [3.63, 3.8) is 0 Å². The van der Waals surface area contributed by atoms with Crippen LogP contribution >= 0.6 is 0 Å². The molecule has 8 nitrogen and oxygen atoms in total. The SMILES string of the molecule is COc1ccc(-c2cc(C(=O)NC3(CO)CCCc4[nH]c5c(C)ccc(C)c5c43)c3cc(OC(C)C)ccc3n2)cc1OC. The van der Waals surface area contributed by atoms with E-state index >= 15 is 0 Å². The average molecular weight is 594 g/mol. The van der Waals surface area contributed by atoms with E-state index in [1.807, 2.05) is 50.2 Å². The molecule has 3 N–H and O–H groups in total. The van der Waals surface area contributed by atoms with E-state index < -0.39 is 5.54 Å². The molecular formula is C36H39N3O5. The van der Waals surface area contributed by atoms with Crippen molar-refractivity contribution < 1.29 is 24.1 Å². The largest absolute Gasteiger partial charge is 0.493 e. The first-order chi connectivity index (χ1) is 21.2. The highest BCUT2D eigenvalue weighted by Crippen LogP contribution is 2.42. The molecule has 0 aliphatic heterocycles. The molecule has 44 heavy (non-hydrogen) atoms. The van der Waals surface area contributed by atoms with Crippen molar-refractivity contribution in [2.24, 2.45) is 0 Å². The van der Waals surface area contributed by atoms with Crippen LogP contribution in [0.1, 0.15) is 59.4 Å². The topological polar surface area (TPSA) is 106 Å². The maximum atomic E-state index is 14.5. The Balaban J connectivity index is 1.51. The maximum Gasteiger partial charge on any atom is 0.252 e. The van der Waals surface area contributed by atoms with E-state index in [0.29, 0.717) is 45.8 Å². The number of ether oxygens (including phenoxy) is 3. The summed E-state index contributed by atoms with van der Waals surface area (Å²) in [6.45, 7) is 7.87. The Morgan fingerprint density at radius 3 is 2.52 bits per heavy atom. The van der Waals surface area contributed by atoms with Gasteiger partial charge in [-0.15, -0.1) is 0 Å². The van der Waals surface area contributed by atoms with Crippen molar-refractivity contribution in [1.29, 1.82) is 0 Å². The Bertz CT molecular complexity index is 1890. The molecule has 1 atom stereocenters. The number of benzene rings is 3. The zero-order valence-electron chi connectivity index (χ0n) is 26.1. The molecule has 0 radical (unpaired) electrons. The predicted molar refractivity (Wildman–Crippen MR) is 173 cm³/mol. The van der Waals surface area contributed by atoms with Crippen LogP contribution in [0.25, 0.3) is 33.1 Å². The second kappa shape index (κ2) is 11.5. The number of fused-ring (bicyclic) bond motifs is 4. The van der Waals surface area contributed by atoms with E-state index in [-0.39, 0.29) is 18.6 Å². The van der Waals surface area contributed by atoms with Gasteiger partial charge in [0.05, 0.1) is 49.2 Å². The number of methoxy groups -OCH3 is 2. The summed E-state index contributed by atoms with van der Waals surface area (Å²) in [7, 11) is 3.18. The van der Waals surface area contributed by atoms with Gasteiger partial charge < -0.3 is 29.6 Å². The fourth-order valence-corrected chi connectivity index (χ4v) is 6.56. The van der Waals surface area contributed by atoms with Crippen molar-refractivity contribution in [1.82, 2.24) is 15.3 Å². The number of nitrogens with zero attached hydrogens (tertiary/aromatic N) is 1. The molecule has 2 aromatic heterocycles. The Morgan fingerprint density at radius 1 is 1.02 bits per heavy atom. The van der Waals surface area contributed by atoms with Crippen LogP contribution in [-0.4, -0.2) is 47.9 Å². The number of carbonyl (C=O) groups is 1. The van der Waals surface area contributed by atoms with Gasteiger partial charge in [-0.3, -0.25) is 4.79 Å². The third-order valence-corrected chi connectivity index (χ3v) is 8.66. The Hall–Kier alpha value is -4.56. The van der Waals surface area contributed by atoms with E-state index in [0.717, 1.165) is 51.7 Å². The number of pyridine rings is 1. The molecule has 0 spiro atoms. The van der Waals surface area contributed by atoms with Crippen molar-refractivity contribution in [2.75, 3.05) is 20.8 Å². The van der Waals surface area contributed by atoms with Crippen LogP contribution in [0.5, 0.6) is 17.2 Å². The number of aromatic nitrogens is 2. The van der Waals surface area contributed by atoms with E-state index in [4.69, 9.17) is 19.2 Å². The minimum Gasteiger partial charge on any atom is -0.493 e. The summed E-state index contributed by atoms with van der Waals surface area (Å²) in [5.74, 6) is 1.54. The Morgan fingerprint density at radius 2 is 1.80 bits per heavy atom. The smallest absolute Gasteiger partial charge is 0.252 e. The summed E-state index contributed by atoms with van der Waals surface area (Å²) in [5, 5.41) is 16.1. The highest BCUT2D eigenvalue weighted by molar-refractivity contribution is 6.08. The number of aromatic amines is 1. The molecule has 5 aromatic rings. The number of amides is 1. The second-order valence-corrected chi connectivity index (χ2v) is 11.9. The quantitative estimate of drug-likeness (QED) is 0.184. The van der Waals surface area contributed by atoms with Crippen LogP contribution in [0.2, 0.25) is 0 Å². The molecule has 8 heteroatoms. The monoisotopic (exact) mass is 593 g/mol.